The van der Waals surface area contributed by atoms with Crippen LogP contribution in [0.1, 0.15) is 16.7 Å². The molecule has 0 atom stereocenters. The number of nitrogens with zero attached hydrogens (tertiary/aromatic N) is 1. The van der Waals surface area contributed by atoms with Gasteiger partial charge in [0.15, 0.2) is 11.5 Å². The molecule has 0 fully saturated rings. The molecule has 0 amide bonds. The molecule has 29 heavy (non-hydrogen) atoms. The van der Waals surface area contributed by atoms with Crippen LogP contribution in [0.15, 0.2) is 41.2 Å². The monoisotopic (exact) mass is 390 g/mol. The molecular formula is C23H22N2O4. The summed E-state index contributed by atoms with van der Waals surface area (Å²) in [6.07, 6.45) is 0. The van der Waals surface area contributed by atoms with Crippen molar-refractivity contribution in [2.45, 2.75) is 13.8 Å². The summed E-state index contributed by atoms with van der Waals surface area (Å²) in [6.45, 7) is 3.97. The van der Waals surface area contributed by atoms with Gasteiger partial charge in [0.05, 0.1) is 21.3 Å². The number of nitriles is 1. The summed E-state index contributed by atoms with van der Waals surface area (Å²) in [6, 6.07) is 13.3. The van der Waals surface area contributed by atoms with Gasteiger partial charge < -0.3 is 19.2 Å². The summed E-state index contributed by atoms with van der Waals surface area (Å²) in [7, 11) is 4.56. The highest BCUT2D eigenvalue weighted by Crippen LogP contribution is 2.42. The third-order valence-corrected chi connectivity index (χ3v) is 4.80. The van der Waals surface area contributed by atoms with E-state index in [1.807, 2.05) is 44.2 Å². The average molecular weight is 390 g/mol. The van der Waals surface area contributed by atoms with E-state index in [-0.39, 0.29) is 5.56 Å². The molecule has 0 saturated carbocycles. The Balaban J connectivity index is 2.33. The molecule has 6 heteroatoms. The molecule has 1 heterocycles. The van der Waals surface area contributed by atoms with Gasteiger partial charge in [-0.2, -0.15) is 5.26 Å². The topological polar surface area (TPSA) is 84.3 Å². The van der Waals surface area contributed by atoms with Gasteiger partial charge in [-0.1, -0.05) is 17.7 Å². The number of aromatic nitrogens is 1. The number of hydrogen-bond acceptors (Lipinski definition) is 5. The van der Waals surface area contributed by atoms with Crippen molar-refractivity contribution in [2.24, 2.45) is 0 Å². The number of ether oxygens (including phenoxy) is 3. The first kappa shape index (κ1) is 20.0. The Kier molecular flexibility index (Phi) is 5.60. The summed E-state index contributed by atoms with van der Waals surface area (Å²) in [5.74, 6) is 1.33. The van der Waals surface area contributed by atoms with Crippen LogP contribution >= 0.6 is 0 Å². The smallest absolute Gasteiger partial charge is 0.266 e. The van der Waals surface area contributed by atoms with E-state index in [0.717, 1.165) is 16.7 Å². The highest BCUT2D eigenvalue weighted by atomic mass is 16.5. The first-order valence-corrected chi connectivity index (χ1v) is 8.98. The number of hydrogen-bond donors (Lipinski definition) is 1. The lowest BCUT2D eigenvalue weighted by molar-refractivity contribution is 0.324. The minimum atomic E-state index is -0.449. The molecule has 2 aromatic carbocycles. The van der Waals surface area contributed by atoms with Gasteiger partial charge in [0.25, 0.3) is 5.56 Å². The van der Waals surface area contributed by atoms with Crippen LogP contribution in [0.2, 0.25) is 0 Å². The average Bonchev–Trinajstić information content (AvgIpc) is 2.73. The fourth-order valence-corrected chi connectivity index (χ4v) is 3.31. The van der Waals surface area contributed by atoms with Crippen LogP contribution < -0.4 is 19.8 Å². The molecule has 148 valence electrons. The van der Waals surface area contributed by atoms with Crippen molar-refractivity contribution in [3.8, 4) is 45.7 Å². The van der Waals surface area contributed by atoms with Gasteiger partial charge in [0.2, 0.25) is 5.75 Å². The van der Waals surface area contributed by atoms with Crippen molar-refractivity contribution in [1.82, 2.24) is 4.98 Å². The number of pyridine rings is 1. The predicted molar refractivity (Wildman–Crippen MR) is 112 cm³/mol. The summed E-state index contributed by atoms with van der Waals surface area (Å²) in [5.41, 5.74) is 4.32. The minimum absolute atomic E-state index is 0.0216. The van der Waals surface area contributed by atoms with Crippen molar-refractivity contribution >= 4 is 0 Å². The van der Waals surface area contributed by atoms with Crippen molar-refractivity contribution in [3.63, 3.8) is 0 Å². The molecular weight excluding hydrogens is 368 g/mol. The number of rotatable bonds is 5. The molecule has 3 rings (SSSR count). The number of aryl methyl sites for hydroxylation is 2. The fourth-order valence-electron chi connectivity index (χ4n) is 3.31. The number of aromatic amines is 1. The van der Waals surface area contributed by atoms with E-state index in [1.54, 1.807) is 12.1 Å². The maximum absolute atomic E-state index is 12.7. The molecule has 3 aromatic rings. The van der Waals surface area contributed by atoms with E-state index < -0.39 is 5.56 Å². The lowest BCUT2D eigenvalue weighted by Gasteiger charge is -2.15. The van der Waals surface area contributed by atoms with Crippen LogP contribution in [-0.2, 0) is 0 Å². The lowest BCUT2D eigenvalue weighted by atomic mass is 9.96. The van der Waals surface area contributed by atoms with E-state index in [9.17, 15) is 10.1 Å². The van der Waals surface area contributed by atoms with Gasteiger partial charge in [-0.3, -0.25) is 4.79 Å². The van der Waals surface area contributed by atoms with E-state index >= 15 is 0 Å². The Morgan fingerprint density at radius 3 is 2.10 bits per heavy atom. The quantitative estimate of drug-likeness (QED) is 0.705. The Morgan fingerprint density at radius 2 is 1.55 bits per heavy atom. The number of methoxy groups -OCH3 is 3. The SMILES string of the molecule is COc1cc(-c2cc(-c3cc(C)ccc3C)[nH]c(=O)c2C#N)cc(OC)c1OC. The molecule has 0 radical (unpaired) electrons. The Bertz CT molecular complexity index is 1150. The molecule has 0 unspecified atom stereocenters. The minimum Gasteiger partial charge on any atom is -0.493 e. The van der Waals surface area contributed by atoms with E-state index in [0.29, 0.717) is 34.1 Å². The highest BCUT2D eigenvalue weighted by Gasteiger charge is 2.19. The number of nitrogens with one attached hydrogen (secondary N) is 1. The second-order valence-corrected chi connectivity index (χ2v) is 6.65. The van der Waals surface area contributed by atoms with E-state index in [1.165, 1.54) is 21.3 Å². The molecule has 1 N–H and O–H groups in total. The fraction of sp³-hybridized carbons (Fsp3) is 0.217. The van der Waals surface area contributed by atoms with Crippen molar-refractivity contribution in [1.29, 1.82) is 5.26 Å². The molecule has 1 aromatic heterocycles. The zero-order valence-corrected chi connectivity index (χ0v) is 17.0. The standard InChI is InChI=1S/C23H22N2O4/c1-13-6-7-14(2)16(8-13)19-11-17(18(12-24)23(26)25-19)15-9-20(27-3)22(29-5)21(10-15)28-4/h6-11H,1-5H3,(H,25,26). The first-order valence-electron chi connectivity index (χ1n) is 8.98. The van der Waals surface area contributed by atoms with Gasteiger partial charge in [-0.15, -0.1) is 0 Å². The van der Waals surface area contributed by atoms with Gasteiger partial charge in [-0.25, -0.2) is 0 Å². The molecule has 0 spiro atoms. The summed E-state index contributed by atoms with van der Waals surface area (Å²) >= 11 is 0. The van der Waals surface area contributed by atoms with Gasteiger partial charge in [0, 0.05) is 16.8 Å². The predicted octanol–water partition coefficient (Wildman–Crippen LogP) is 4.22. The van der Waals surface area contributed by atoms with Crippen LogP contribution in [0.4, 0.5) is 0 Å². The van der Waals surface area contributed by atoms with Crippen LogP contribution in [0.5, 0.6) is 17.2 Å². The number of H-pyrrole nitrogens is 1. The maximum Gasteiger partial charge on any atom is 0.266 e. The van der Waals surface area contributed by atoms with E-state index in [2.05, 4.69) is 4.98 Å². The molecule has 0 saturated heterocycles. The molecule has 0 aliphatic rings. The zero-order valence-electron chi connectivity index (χ0n) is 17.0. The third kappa shape index (κ3) is 3.67. The normalized spacial score (nSPS) is 10.3. The van der Waals surface area contributed by atoms with Crippen LogP contribution in [-0.4, -0.2) is 26.3 Å². The van der Waals surface area contributed by atoms with Crippen molar-refractivity contribution in [2.75, 3.05) is 21.3 Å². The maximum atomic E-state index is 12.7. The molecule has 0 bridgehead atoms. The molecule has 6 nitrogen and oxygen atoms in total. The third-order valence-electron chi connectivity index (χ3n) is 4.80. The largest absolute Gasteiger partial charge is 0.493 e. The second kappa shape index (κ2) is 8.11. The highest BCUT2D eigenvalue weighted by molar-refractivity contribution is 5.79. The molecule has 0 aliphatic carbocycles. The van der Waals surface area contributed by atoms with Crippen LogP contribution in [0.3, 0.4) is 0 Å². The summed E-state index contributed by atoms with van der Waals surface area (Å²) in [5, 5.41) is 9.62. The molecule has 0 aliphatic heterocycles. The second-order valence-electron chi connectivity index (χ2n) is 6.65. The van der Waals surface area contributed by atoms with Crippen molar-refractivity contribution < 1.29 is 14.2 Å². The van der Waals surface area contributed by atoms with Gasteiger partial charge in [0.1, 0.15) is 11.6 Å². The summed E-state index contributed by atoms with van der Waals surface area (Å²) in [4.78, 5) is 15.5. The van der Waals surface area contributed by atoms with Crippen LogP contribution in [0.25, 0.3) is 22.4 Å². The summed E-state index contributed by atoms with van der Waals surface area (Å²) < 4.78 is 16.2. The Labute approximate surface area is 169 Å². The Hall–Kier alpha value is -3.72. The first-order chi connectivity index (χ1) is 13.9. The van der Waals surface area contributed by atoms with Crippen molar-refractivity contribution in [3.05, 3.63) is 63.4 Å². The van der Waals surface area contributed by atoms with E-state index in [4.69, 9.17) is 14.2 Å². The van der Waals surface area contributed by atoms with Gasteiger partial charge in [-0.05, 0) is 49.2 Å². The zero-order chi connectivity index (χ0) is 21.1. The van der Waals surface area contributed by atoms with Crippen LogP contribution in [0, 0.1) is 25.2 Å². The number of benzene rings is 2. The Morgan fingerprint density at radius 1 is 0.897 bits per heavy atom. The lowest BCUT2D eigenvalue weighted by Crippen LogP contribution is -2.13. The van der Waals surface area contributed by atoms with Gasteiger partial charge >= 0.3 is 0 Å².